The lowest BCUT2D eigenvalue weighted by Gasteiger charge is -2.17. The van der Waals surface area contributed by atoms with Crippen molar-refractivity contribution in [1.29, 1.82) is 0 Å². The Labute approximate surface area is 120 Å². The molecule has 1 aliphatic carbocycles. The maximum Gasteiger partial charge on any atom is 0.339 e. The van der Waals surface area contributed by atoms with Crippen LogP contribution in [0, 0.1) is 5.82 Å². The highest BCUT2D eigenvalue weighted by molar-refractivity contribution is 5.90. The van der Waals surface area contributed by atoms with Crippen molar-refractivity contribution in [3.05, 3.63) is 47.2 Å². The van der Waals surface area contributed by atoms with E-state index in [2.05, 4.69) is 9.97 Å². The maximum atomic E-state index is 13.3. The van der Waals surface area contributed by atoms with Gasteiger partial charge in [0.25, 0.3) is 0 Å². The first-order valence-corrected chi connectivity index (χ1v) is 6.68. The zero-order valence-electron chi connectivity index (χ0n) is 11.2. The second-order valence-electron chi connectivity index (χ2n) is 4.86. The van der Waals surface area contributed by atoms with Crippen molar-refractivity contribution in [1.82, 2.24) is 9.97 Å². The average Bonchev–Trinajstić information content (AvgIpc) is 2.47. The first-order valence-electron chi connectivity index (χ1n) is 6.68. The molecule has 1 N–H and O–H groups in total. The van der Waals surface area contributed by atoms with Crippen LogP contribution in [-0.4, -0.2) is 21.0 Å². The van der Waals surface area contributed by atoms with Gasteiger partial charge in [-0.05, 0) is 37.8 Å². The van der Waals surface area contributed by atoms with Crippen LogP contribution in [-0.2, 0) is 12.8 Å². The summed E-state index contributed by atoms with van der Waals surface area (Å²) in [6.07, 6.45) is 5.08. The molecule has 5 nitrogen and oxygen atoms in total. The normalized spacial score (nSPS) is 13.6. The molecule has 0 saturated carbocycles. The lowest BCUT2D eigenvalue weighted by Crippen LogP contribution is -2.09. The maximum absolute atomic E-state index is 13.3. The second kappa shape index (κ2) is 5.47. The third-order valence-corrected chi connectivity index (χ3v) is 3.47. The first-order chi connectivity index (χ1) is 10.1. The van der Waals surface area contributed by atoms with Crippen molar-refractivity contribution in [2.24, 2.45) is 0 Å². The molecule has 6 heteroatoms. The summed E-state index contributed by atoms with van der Waals surface area (Å²) < 4.78 is 18.9. The number of carboxylic acid groups (broad SMARTS) is 1. The van der Waals surface area contributed by atoms with E-state index in [4.69, 9.17) is 9.84 Å². The van der Waals surface area contributed by atoms with E-state index in [1.54, 1.807) is 0 Å². The predicted octanol–water partition coefficient (Wildman–Crippen LogP) is 2.99. The Morgan fingerprint density at radius 1 is 1.24 bits per heavy atom. The van der Waals surface area contributed by atoms with E-state index < -0.39 is 11.8 Å². The van der Waals surface area contributed by atoms with Gasteiger partial charge in [-0.15, -0.1) is 0 Å². The summed E-state index contributed by atoms with van der Waals surface area (Å²) in [6, 6.07) is 3.33. The number of aromatic nitrogens is 2. The fourth-order valence-corrected chi connectivity index (χ4v) is 2.44. The Kier molecular flexibility index (Phi) is 3.51. The zero-order valence-corrected chi connectivity index (χ0v) is 11.2. The molecule has 0 atom stereocenters. The van der Waals surface area contributed by atoms with Gasteiger partial charge in [-0.1, -0.05) is 0 Å². The molecule has 0 bridgehead atoms. The van der Waals surface area contributed by atoms with Crippen LogP contribution in [0.3, 0.4) is 0 Å². The second-order valence-corrected chi connectivity index (χ2v) is 4.86. The Morgan fingerprint density at radius 3 is 2.86 bits per heavy atom. The number of aryl methyl sites for hydroxylation is 1. The smallest absolute Gasteiger partial charge is 0.339 e. The van der Waals surface area contributed by atoms with Gasteiger partial charge in [-0.25, -0.2) is 19.2 Å². The molecule has 3 rings (SSSR count). The number of benzene rings is 1. The molecule has 0 spiro atoms. The fourth-order valence-electron chi connectivity index (χ4n) is 2.44. The number of carboxylic acids is 1. The standard InChI is InChI=1S/C15H13FN2O3/c16-9-5-6-11(15(19)20)13(7-9)21-14-10-3-1-2-4-12(10)17-8-18-14/h5-8H,1-4H2,(H,19,20). The van der Waals surface area contributed by atoms with Crippen LogP contribution >= 0.6 is 0 Å². The van der Waals surface area contributed by atoms with Gasteiger partial charge in [-0.2, -0.15) is 0 Å². The summed E-state index contributed by atoms with van der Waals surface area (Å²) in [5, 5.41) is 9.14. The molecule has 0 amide bonds. The number of nitrogens with zero attached hydrogens (tertiary/aromatic N) is 2. The Morgan fingerprint density at radius 2 is 2.05 bits per heavy atom. The Hall–Kier alpha value is -2.50. The van der Waals surface area contributed by atoms with Gasteiger partial charge in [0.05, 0.1) is 5.69 Å². The minimum atomic E-state index is -1.17. The van der Waals surface area contributed by atoms with Crippen LogP contribution in [0.25, 0.3) is 0 Å². The summed E-state index contributed by atoms with van der Waals surface area (Å²) in [7, 11) is 0. The van der Waals surface area contributed by atoms with Gasteiger partial charge in [0, 0.05) is 11.6 Å². The topological polar surface area (TPSA) is 72.3 Å². The molecule has 0 saturated heterocycles. The monoisotopic (exact) mass is 288 g/mol. The number of aromatic carboxylic acids is 1. The van der Waals surface area contributed by atoms with Crippen molar-refractivity contribution in [3.63, 3.8) is 0 Å². The average molecular weight is 288 g/mol. The third-order valence-electron chi connectivity index (χ3n) is 3.47. The molecule has 2 aromatic rings. The third kappa shape index (κ3) is 2.69. The van der Waals surface area contributed by atoms with Crippen LogP contribution in [0.4, 0.5) is 4.39 Å². The molecule has 0 unspecified atom stereocenters. The Bertz CT molecular complexity index is 703. The molecule has 1 aliphatic rings. The van der Waals surface area contributed by atoms with Crippen LogP contribution in [0.15, 0.2) is 24.5 Å². The molecular formula is C15H13FN2O3. The fraction of sp³-hybridized carbons (Fsp3) is 0.267. The van der Waals surface area contributed by atoms with Gasteiger partial charge in [0.1, 0.15) is 23.5 Å². The van der Waals surface area contributed by atoms with Crippen molar-refractivity contribution in [2.75, 3.05) is 0 Å². The summed E-state index contributed by atoms with van der Waals surface area (Å²) in [5.74, 6) is -1.47. The molecule has 0 aliphatic heterocycles. The highest BCUT2D eigenvalue weighted by Crippen LogP contribution is 2.31. The molecule has 21 heavy (non-hydrogen) atoms. The number of fused-ring (bicyclic) bond motifs is 1. The molecule has 0 radical (unpaired) electrons. The minimum Gasteiger partial charge on any atom is -0.478 e. The van der Waals surface area contributed by atoms with Crippen molar-refractivity contribution in [2.45, 2.75) is 25.7 Å². The van der Waals surface area contributed by atoms with Crippen LogP contribution in [0.1, 0.15) is 34.5 Å². The van der Waals surface area contributed by atoms with Crippen LogP contribution in [0.2, 0.25) is 0 Å². The summed E-state index contributed by atoms with van der Waals surface area (Å²) in [4.78, 5) is 19.5. The van der Waals surface area contributed by atoms with E-state index in [1.165, 1.54) is 12.4 Å². The lowest BCUT2D eigenvalue weighted by molar-refractivity contribution is 0.0694. The quantitative estimate of drug-likeness (QED) is 0.940. The highest BCUT2D eigenvalue weighted by atomic mass is 19.1. The van der Waals surface area contributed by atoms with E-state index >= 15 is 0 Å². The number of carbonyl (C=O) groups is 1. The number of halogens is 1. The van der Waals surface area contributed by atoms with Gasteiger partial charge < -0.3 is 9.84 Å². The molecule has 108 valence electrons. The number of hydrogen-bond acceptors (Lipinski definition) is 4. The number of rotatable bonds is 3. The summed E-state index contributed by atoms with van der Waals surface area (Å²) in [5.41, 5.74) is 1.70. The van der Waals surface area contributed by atoms with Crippen molar-refractivity contribution in [3.8, 4) is 11.6 Å². The molecule has 0 fully saturated rings. The van der Waals surface area contributed by atoms with E-state index in [0.29, 0.717) is 5.88 Å². The summed E-state index contributed by atoms with van der Waals surface area (Å²) >= 11 is 0. The SMILES string of the molecule is O=C(O)c1ccc(F)cc1Oc1ncnc2c1CCCC2. The van der Waals surface area contributed by atoms with E-state index in [1.807, 2.05) is 0 Å². The molecular weight excluding hydrogens is 275 g/mol. The summed E-state index contributed by atoms with van der Waals surface area (Å²) in [6.45, 7) is 0. The Balaban J connectivity index is 2.01. The number of hydrogen-bond donors (Lipinski definition) is 1. The van der Waals surface area contributed by atoms with E-state index in [9.17, 15) is 9.18 Å². The highest BCUT2D eigenvalue weighted by Gasteiger charge is 2.19. The van der Waals surface area contributed by atoms with E-state index in [0.717, 1.165) is 49.1 Å². The zero-order chi connectivity index (χ0) is 14.8. The lowest BCUT2D eigenvalue weighted by atomic mass is 9.97. The molecule has 1 aromatic carbocycles. The molecule has 1 heterocycles. The van der Waals surface area contributed by atoms with Gasteiger partial charge >= 0.3 is 5.97 Å². The largest absolute Gasteiger partial charge is 0.478 e. The minimum absolute atomic E-state index is 0.0472. The predicted molar refractivity (Wildman–Crippen MR) is 72.1 cm³/mol. The van der Waals surface area contributed by atoms with Gasteiger partial charge in [0.2, 0.25) is 5.88 Å². The van der Waals surface area contributed by atoms with Gasteiger partial charge in [-0.3, -0.25) is 0 Å². The first kappa shape index (κ1) is 13.5. The molecule has 1 aromatic heterocycles. The van der Waals surface area contributed by atoms with Crippen LogP contribution in [0.5, 0.6) is 11.6 Å². The van der Waals surface area contributed by atoms with Crippen molar-refractivity contribution < 1.29 is 19.0 Å². The van der Waals surface area contributed by atoms with Crippen LogP contribution < -0.4 is 4.74 Å². The van der Waals surface area contributed by atoms with E-state index in [-0.39, 0.29) is 11.3 Å². The van der Waals surface area contributed by atoms with Crippen molar-refractivity contribution >= 4 is 5.97 Å². The van der Waals surface area contributed by atoms with Gasteiger partial charge in [0.15, 0.2) is 0 Å². The number of ether oxygens (including phenoxy) is 1.